The number of aliphatic hydroxyl groups is 1. The van der Waals surface area contributed by atoms with Crippen LogP contribution in [0.1, 0.15) is 49.7 Å². The molecule has 1 atom stereocenters. The summed E-state index contributed by atoms with van der Waals surface area (Å²) in [5.41, 5.74) is 2.84. The molecule has 4 nitrogen and oxygen atoms in total. The minimum absolute atomic E-state index is 0.357. The molecule has 0 spiro atoms. The molecule has 108 valence electrons. The highest BCUT2D eigenvalue weighted by molar-refractivity contribution is 5.37. The fourth-order valence-electron chi connectivity index (χ4n) is 1.99. The molecule has 2 aromatic rings. The van der Waals surface area contributed by atoms with Crippen LogP contribution in [-0.4, -0.2) is 14.9 Å². The highest BCUT2D eigenvalue weighted by Crippen LogP contribution is 2.23. The fraction of sp³-hybridized carbons (Fsp3) is 0.438. The molecule has 0 unspecified atom stereocenters. The Morgan fingerprint density at radius 1 is 1.25 bits per heavy atom. The Kier molecular flexibility index (Phi) is 4.45. The minimum atomic E-state index is -0.454. The number of benzene rings is 1. The standard InChI is InChI=1S/C16H22N2O2/c1-11(2)18-8-7-15(17-18)10-20-16-6-5-14(13(4)19)9-12(16)3/h5-9,11,13,19H,10H2,1-4H3/t13-/m1/s1. The third kappa shape index (κ3) is 3.39. The Morgan fingerprint density at radius 2 is 2.00 bits per heavy atom. The second-order valence-electron chi connectivity index (χ2n) is 5.37. The second kappa shape index (κ2) is 6.09. The van der Waals surface area contributed by atoms with Crippen molar-refractivity contribution in [2.24, 2.45) is 0 Å². The number of hydrogen-bond donors (Lipinski definition) is 1. The van der Waals surface area contributed by atoms with Crippen LogP contribution in [0.25, 0.3) is 0 Å². The third-order valence-corrected chi connectivity index (χ3v) is 3.25. The molecule has 1 aromatic heterocycles. The van der Waals surface area contributed by atoms with Crippen molar-refractivity contribution in [2.75, 3.05) is 0 Å². The van der Waals surface area contributed by atoms with E-state index in [1.165, 1.54) is 0 Å². The molecule has 0 aliphatic heterocycles. The van der Waals surface area contributed by atoms with Gasteiger partial charge in [-0.2, -0.15) is 5.10 Å². The summed E-state index contributed by atoms with van der Waals surface area (Å²) in [6.45, 7) is 8.38. The van der Waals surface area contributed by atoms with Crippen molar-refractivity contribution in [1.29, 1.82) is 0 Å². The smallest absolute Gasteiger partial charge is 0.132 e. The topological polar surface area (TPSA) is 47.3 Å². The van der Waals surface area contributed by atoms with E-state index in [1.54, 1.807) is 6.92 Å². The number of nitrogens with zero attached hydrogens (tertiary/aromatic N) is 2. The van der Waals surface area contributed by atoms with Gasteiger partial charge in [0, 0.05) is 12.2 Å². The third-order valence-electron chi connectivity index (χ3n) is 3.25. The molecule has 20 heavy (non-hydrogen) atoms. The molecule has 0 radical (unpaired) electrons. The van der Waals surface area contributed by atoms with Gasteiger partial charge in [0.2, 0.25) is 0 Å². The summed E-state index contributed by atoms with van der Waals surface area (Å²) in [5, 5.41) is 14.0. The van der Waals surface area contributed by atoms with E-state index in [0.717, 1.165) is 22.6 Å². The van der Waals surface area contributed by atoms with Crippen molar-refractivity contribution in [3.05, 3.63) is 47.3 Å². The van der Waals surface area contributed by atoms with Gasteiger partial charge in [-0.25, -0.2) is 0 Å². The summed E-state index contributed by atoms with van der Waals surface area (Å²) in [6.07, 6.45) is 1.51. The van der Waals surface area contributed by atoms with Crippen LogP contribution in [0.3, 0.4) is 0 Å². The van der Waals surface area contributed by atoms with Crippen molar-refractivity contribution < 1.29 is 9.84 Å². The zero-order valence-corrected chi connectivity index (χ0v) is 12.5. The Bertz CT molecular complexity index is 574. The van der Waals surface area contributed by atoms with E-state index >= 15 is 0 Å². The van der Waals surface area contributed by atoms with Crippen LogP contribution < -0.4 is 4.74 Å². The van der Waals surface area contributed by atoms with E-state index < -0.39 is 6.10 Å². The van der Waals surface area contributed by atoms with Crippen LogP contribution >= 0.6 is 0 Å². The zero-order chi connectivity index (χ0) is 14.7. The number of aryl methyl sites for hydroxylation is 1. The average Bonchev–Trinajstić information content (AvgIpc) is 2.86. The number of aliphatic hydroxyl groups excluding tert-OH is 1. The second-order valence-corrected chi connectivity index (χ2v) is 5.37. The maximum Gasteiger partial charge on any atom is 0.132 e. The highest BCUT2D eigenvalue weighted by atomic mass is 16.5. The summed E-state index contributed by atoms with van der Waals surface area (Å²) in [4.78, 5) is 0. The predicted octanol–water partition coefficient (Wildman–Crippen LogP) is 3.40. The molecule has 0 bridgehead atoms. The first-order valence-electron chi connectivity index (χ1n) is 6.93. The number of hydrogen-bond acceptors (Lipinski definition) is 3. The molecule has 0 aliphatic rings. The maximum atomic E-state index is 9.55. The van der Waals surface area contributed by atoms with E-state index in [-0.39, 0.29) is 0 Å². The highest BCUT2D eigenvalue weighted by Gasteiger charge is 2.07. The van der Waals surface area contributed by atoms with Crippen LogP contribution in [0.4, 0.5) is 0 Å². The Hall–Kier alpha value is -1.81. The van der Waals surface area contributed by atoms with Gasteiger partial charge in [-0.3, -0.25) is 4.68 Å². The monoisotopic (exact) mass is 274 g/mol. The number of rotatable bonds is 5. The Labute approximate surface area is 120 Å². The molecular weight excluding hydrogens is 252 g/mol. The van der Waals surface area contributed by atoms with Gasteiger partial charge in [-0.05, 0) is 57.0 Å². The molecule has 0 amide bonds. The maximum absolute atomic E-state index is 9.55. The lowest BCUT2D eigenvalue weighted by atomic mass is 10.1. The van der Waals surface area contributed by atoms with Gasteiger partial charge in [0.25, 0.3) is 0 Å². The van der Waals surface area contributed by atoms with E-state index in [2.05, 4.69) is 18.9 Å². The van der Waals surface area contributed by atoms with Gasteiger partial charge >= 0.3 is 0 Å². The average molecular weight is 274 g/mol. The lowest BCUT2D eigenvalue weighted by Gasteiger charge is -2.11. The fourth-order valence-corrected chi connectivity index (χ4v) is 1.99. The predicted molar refractivity (Wildman–Crippen MR) is 78.8 cm³/mol. The Balaban J connectivity index is 2.03. The van der Waals surface area contributed by atoms with Gasteiger partial charge in [0.15, 0.2) is 0 Å². The van der Waals surface area contributed by atoms with Gasteiger partial charge in [0.1, 0.15) is 12.4 Å². The number of aromatic nitrogens is 2. The summed E-state index contributed by atoms with van der Waals surface area (Å²) in [5.74, 6) is 0.827. The molecule has 1 aromatic carbocycles. The largest absolute Gasteiger partial charge is 0.487 e. The molecule has 0 fully saturated rings. The molecule has 1 N–H and O–H groups in total. The van der Waals surface area contributed by atoms with Crippen molar-refractivity contribution in [3.8, 4) is 5.75 Å². The van der Waals surface area contributed by atoms with Crippen LogP contribution in [-0.2, 0) is 6.61 Å². The van der Waals surface area contributed by atoms with E-state index in [1.807, 2.05) is 42.1 Å². The van der Waals surface area contributed by atoms with E-state index in [0.29, 0.717) is 12.6 Å². The summed E-state index contributed by atoms with van der Waals surface area (Å²) >= 11 is 0. The summed E-state index contributed by atoms with van der Waals surface area (Å²) < 4.78 is 7.71. The van der Waals surface area contributed by atoms with Crippen molar-refractivity contribution >= 4 is 0 Å². The molecule has 2 rings (SSSR count). The quantitative estimate of drug-likeness (QED) is 0.909. The normalized spacial score (nSPS) is 12.7. The van der Waals surface area contributed by atoms with Crippen LogP contribution in [0.2, 0.25) is 0 Å². The molecule has 0 saturated carbocycles. The number of ether oxygens (including phenoxy) is 1. The first-order valence-corrected chi connectivity index (χ1v) is 6.93. The van der Waals surface area contributed by atoms with Crippen LogP contribution in [0, 0.1) is 6.92 Å². The lowest BCUT2D eigenvalue weighted by molar-refractivity contribution is 0.199. The first kappa shape index (κ1) is 14.6. The van der Waals surface area contributed by atoms with Gasteiger partial charge in [-0.15, -0.1) is 0 Å². The van der Waals surface area contributed by atoms with Gasteiger partial charge in [-0.1, -0.05) is 6.07 Å². The lowest BCUT2D eigenvalue weighted by Crippen LogP contribution is -2.04. The van der Waals surface area contributed by atoms with E-state index in [4.69, 9.17) is 4.74 Å². The first-order chi connectivity index (χ1) is 9.47. The van der Waals surface area contributed by atoms with Gasteiger partial charge in [0.05, 0.1) is 11.8 Å². The molecule has 1 heterocycles. The Morgan fingerprint density at radius 3 is 2.55 bits per heavy atom. The zero-order valence-electron chi connectivity index (χ0n) is 12.5. The van der Waals surface area contributed by atoms with Gasteiger partial charge < -0.3 is 9.84 Å². The SMILES string of the molecule is Cc1cc([C@@H](C)O)ccc1OCc1ccn(C(C)C)n1. The van der Waals surface area contributed by atoms with E-state index in [9.17, 15) is 5.11 Å². The summed E-state index contributed by atoms with van der Waals surface area (Å²) in [7, 11) is 0. The molecule has 4 heteroatoms. The minimum Gasteiger partial charge on any atom is -0.487 e. The molecule has 0 aliphatic carbocycles. The van der Waals surface area contributed by atoms with Crippen molar-refractivity contribution in [1.82, 2.24) is 9.78 Å². The molecular formula is C16H22N2O2. The van der Waals surface area contributed by atoms with Crippen molar-refractivity contribution in [3.63, 3.8) is 0 Å². The summed E-state index contributed by atoms with van der Waals surface area (Å²) in [6, 6.07) is 8.07. The van der Waals surface area contributed by atoms with Crippen LogP contribution in [0.5, 0.6) is 5.75 Å². The van der Waals surface area contributed by atoms with Crippen molar-refractivity contribution in [2.45, 2.75) is 46.4 Å². The van der Waals surface area contributed by atoms with Crippen LogP contribution in [0.15, 0.2) is 30.5 Å². The molecule has 0 saturated heterocycles.